The highest BCUT2D eigenvalue weighted by atomic mass is 16.3. The predicted molar refractivity (Wildman–Crippen MR) is 88.5 cm³/mol. The molecule has 4 rings (SSSR count). The Bertz CT molecular complexity index is 877. The Kier molecular flexibility index (Phi) is 3.37. The molecule has 118 valence electrons. The molecule has 4 heterocycles. The van der Waals surface area contributed by atoms with Gasteiger partial charge in [-0.05, 0) is 37.0 Å². The molecule has 1 N–H and O–H groups in total. The van der Waals surface area contributed by atoms with Crippen LogP contribution < -0.4 is 10.5 Å². The minimum atomic E-state index is -0.178. The lowest BCUT2D eigenvalue weighted by molar-refractivity contribution is 0.434. The van der Waals surface area contributed by atoms with E-state index in [1.807, 2.05) is 6.07 Å². The molecule has 0 aliphatic carbocycles. The molecule has 0 bridgehead atoms. The first kappa shape index (κ1) is 14.0. The molecule has 1 saturated heterocycles. The lowest BCUT2D eigenvalue weighted by Gasteiger charge is -2.30. The lowest BCUT2D eigenvalue weighted by atomic mass is 10.00. The van der Waals surface area contributed by atoms with Gasteiger partial charge in [-0.1, -0.05) is 6.92 Å². The van der Waals surface area contributed by atoms with Crippen LogP contribution in [-0.2, 0) is 0 Å². The normalized spacial score (nSPS) is 16.1. The SMILES string of the molecule is CC1CCN(c2nc3nccc(-c4ccco4)c3c(=O)[nH]2)CC1. The number of aromatic nitrogens is 3. The van der Waals surface area contributed by atoms with Gasteiger partial charge in [0.25, 0.3) is 5.56 Å². The molecule has 0 saturated carbocycles. The van der Waals surface area contributed by atoms with Crippen molar-refractivity contribution < 1.29 is 4.42 Å². The fourth-order valence-corrected chi connectivity index (χ4v) is 3.06. The highest BCUT2D eigenvalue weighted by molar-refractivity contribution is 5.90. The monoisotopic (exact) mass is 310 g/mol. The second kappa shape index (κ2) is 5.53. The number of piperidine rings is 1. The number of hydrogen-bond donors (Lipinski definition) is 1. The zero-order chi connectivity index (χ0) is 15.8. The summed E-state index contributed by atoms with van der Waals surface area (Å²) in [5, 5.41) is 0.469. The Balaban J connectivity index is 1.82. The third kappa shape index (κ3) is 2.50. The number of anilines is 1. The number of fused-ring (bicyclic) bond motifs is 1. The van der Waals surface area contributed by atoms with E-state index in [9.17, 15) is 4.79 Å². The Morgan fingerprint density at radius 3 is 2.87 bits per heavy atom. The van der Waals surface area contributed by atoms with Crippen LogP contribution in [0.5, 0.6) is 0 Å². The van der Waals surface area contributed by atoms with Crippen LogP contribution in [0.2, 0.25) is 0 Å². The van der Waals surface area contributed by atoms with E-state index in [1.165, 1.54) is 0 Å². The largest absolute Gasteiger partial charge is 0.464 e. The van der Waals surface area contributed by atoms with Crippen molar-refractivity contribution in [2.24, 2.45) is 5.92 Å². The molecule has 0 aromatic carbocycles. The summed E-state index contributed by atoms with van der Waals surface area (Å²) in [6.45, 7) is 4.08. The zero-order valence-electron chi connectivity index (χ0n) is 13.0. The maximum atomic E-state index is 12.6. The van der Waals surface area contributed by atoms with Crippen molar-refractivity contribution in [1.29, 1.82) is 0 Å². The first-order valence-electron chi connectivity index (χ1n) is 7.90. The second-order valence-corrected chi connectivity index (χ2v) is 6.09. The third-order valence-electron chi connectivity index (χ3n) is 4.46. The zero-order valence-corrected chi connectivity index (χ0v) is 13.0. The summed E-state index contributed by atoms with van der Waals surface area (Å²) in [6, 6.07) is 5.40. The molecule has 0 unspecified atom stereocenters. The maximum Gasteiger partial charge on any atom is 0.262 e. The van der Waals surface area contributed by atoms with E-state index in [-0.39, 0.29) is 5.56 Å². The molecule has 6 heteroatoms. The lowest BCUT2D eigenvalue weighted by Crippen LogP contribution is -2.35. The summed E-state index contributed by atoms with van der Waals surface area (Å²) in [6.07, 6.45) is 5.48. The second-order valence-electron chi connectivity index (χ2n) is 6.09. The Morgan fingerprint density at radius 2 is 2.13 bits per heavy atom. The smallest absolute Gasteiger partial charge is 0.262 e. The van der Waals surface area contributed by atoms with E-state index in [1.54, 1.807) is 24.6 Å². The van der Waals surface area contributed by atoms with Crippen molar-refractivity contribution in [2.45, 2.75) is 19.8 Å². The molecule has 0 spiro atoms. The van der Waals surface area contributed by atoms with Crippen LogP contribution in [-0.4, -0.2) is 28.0 Å². The topological polar surface area (TPSA) is 75.0 Å². The van der Waals surface area contributed by atoms with Crippen molar-refractivity contribution in [3.8, 4) is 11.3 Å². The van der Waals surface area contributed by atoms with Gasteiger partial charge < -0.3 is 9.32 Å². The summed E-state index contributed by atoms with van der Waals surface area (Å²) < 4.78 is 5.42. The van der Waals surface area contributed by atoms with Gasteiger partial charge >= 0.3 is 0 Å². The first-order chi connectivity index (χ1) is 11.2. The standard InChI is InChI=1S/C17H18N4O2/c1-11-5-8-21(9-6-11)17-19-15-14(16(22)20-17)12(4-7-18-15)13-3-2-10-23-13/h2-4,7,10-11H,5-6,8-9H2,1H3,(H,18,19,20,22). The van der Waals surface area contributed by atoms with E-state index in [0.717, 1.165) is 31.8 Å². The highest BCUT2D eigenvalue weighted by Gasteiger charge is 2.20. The van der Waals surface area contributed by atoms with E-state index < -0.39 is 0 Å². The number of H-pyrrole nitrogens is 1. The van der Waals surface area contributed by atoms with Crippen LogP contribution in [0.4, 0.5) is 5.95 Å². The molecular weight excluding hydrogens is 292 g/mol. The molecule has 1 aliphatic heterocycles. The average Bonchev–Trinajstić information content (AvgIpc) is 3.09. The van der Waals surface area contributed by atoms with Crippen LogP contribution in [0.25, 0.3) is 22.4 Å². The molecule has 0 amide bonds. The molecule has 6 nitrogen and oxygen atoms in total. The Morgan fingerprint density at radius 1 is 1.30 bits per heavy atom. The first-order valence-corrected chi connectivity index (χ1v) is 7.90. The van der Waals surface area contributed by atoms with Gasteiger partial charge in [-0.15, -0.1) is 0 Å². The van der Waals surface area contributed by atoms with Crippen LogP contribution in [0.3, 0.4) is 0 Å². The van der Waals surface area contributed by atoms with Crippen molar-refractivity contribution in [3.05, 3.63) is 41.0 Å². The minimum absolute atomic E-state index is 0.178. The van der Waals surface area contributed by atoms with Gasteiger partial charge in [-0.25, -0.2) is 4.98 Å². The maximum absolute atomic E-state index is 12.6. The van der Waals surface area contributed by atoms with E-state index in [4.69, 9.17) is 4.42 Å². The number of hydrogen-bond acceptors (Lipinski definition) is 5. The summed E-state index contributed by atoms with van der Waals surface area (Å²) in [7, 11) is 0. The van der Waals surface area contributed by atoms with E-state index in [0.29, 0.717) is 28.3 Å². The quantitative estimate of drug-likeness (QED) is 0.787. The Labute approximate surface area is 133 Å². The van der Waals surface area contributed by atoms with Crippen LogP contribution in [0, 0.1) is 5.92 Å². The average molecular weight is 310 g/mol. The summed E-state index contributed by atoms with van der Waals surface area (Å²) in [5.74, 6) is 1.98. The number of nitrogens with one attached hydrogen (secondary N) is 1. The van der Waals surface area contributed by atoms with Crippen LogP contribution >= 0.6 is 0 Å². The van der Waals surface area contributed by atoms with E-state index >= 15 is 0 Å². The van der Waals surface area contributed by atoms with Crippen molar-refractivity contribution in [2.75, 3.05) is 18.0 Å². The van der Waals surface area contributed by atoms with Gasteiger partial charge in [-0.2, -0.15) is 4.98 Å². The van der Waals surface area contributed by atoms with Gasteiger partial charge in [0.2, 0.25) is 5.95 Å². The summed E-state index contributed by atoms with van der Waals surface area (Å²) in [5.41, 5.74) is 0.993. The number of nitrogens with zero attached hydrogens (tertiary/aromatic N) is 3. The fraction of sp³-hybridized carbons (Fsp3) is 0.353. The van der Waals surface area contributed by atoms with Gasteiger partial charge in [-0.3, -0.25) is 9.78 Å². The molecule has 1 aliphatic rings. The molecule has 3 aromatic heterocycles. The Hall–Kier alpha value is -2.63. The number of pyridine rings is 1. The van der Waals surface area contributed by atoms with Gasteiger partial charge in [0, 0.05) is 24.8 Å². The number of furan rings is 1. The van der Waals surface area contributed by atoms with Gasteiger partial charge in [0.15, 0.2) is 5.65 Å². The fourth-order valence-electron chi connectivity index (χ4n) is 3.06. The van der Waals surface area contributed by atoms with Crippen molar-refractivity contribution in [3.63, 3.8) is 0 Å². The van der Waals surface area contributed by atoms with Gasteiger partial charge in [0.05, 0.1) is 11.6 Å². The van der Waals surface area contributed by atoms with Crippen LogP contribution in [0.15, 0.2) is 39.9 Å². The molecule has 3 aromatic rings. The summed E-state index contributed by atoms with van der Waals surface area (Å²) >= 11 is 0. The molecule has 0 atom stereocenters. The van der Waals surface area contributed by atoms with Crippen molar-refractivity contribution >= 4 is 17.0 Å². The predicted octanol–water partition coefficient (Wildman–Crippen LogP) is 2.81. The van der Waals surface area contributed by atoms with Crippen molar-refractivity contribution in [1.82, 2.24) is 15.0 Å². The minimum Gasteiger partial charge on any atom is -0.464 e. The third-order valence-corrected chi connectivity index (χ3v) is 4.46. The number of aromatic amines is 1. The van der Waals surface area contributed by atoms with E-state index in [2.05, 4.69) is 26.8 Å². The van der Waals surface area contributed by atoms with Crippen LogP contribution in [0.1, 0.15) is 19.8 Å². The molecule has 23 heavy (non-hydrogen) atoms. The molecule has 1 fully saturated rings. The van der Waals surface area contributed by atoms with Gasteiger partial charge in [0.1, 0.15) is 5.76 Å². The highest BCUT2D eigenvalue weighted by Crippen LogP contribution is 2.26. The molecular formula is C17H18N4O2. The number of rotatable bonds is 2. The summed E-state index contributed by atoms with van der Waals surface area (Å²) in [4.78, 5) is 26.5. The molecule has 0 radical (unpaired) electrons.